The van der Waals surface area contributed by atoms with Gasteiger partial charge in [0, 0.05) is 12.6 Å². The average Bonchev–Trinajstić information content (AvgIpc) is 2.27. The number of benzene rings is 1. The third-order valence-electron chi connectivity index (χ3n) is 2.12. The molecule has 0 aliphatic carbocycles. The van der Waals surface area contributed by atoms with Crippen LogP contribution in [0.3, 0.4) is 0 Å². The summed E-state index contributed by atoms with van der Waals surface area (Å²) in [4.78, 5) is 12.2. The summed E-state index contributed by atoms with van der Waals surface area (Å²) in [6.07, 6.45) is 0. The maximum atomic E-state index is 12.0. The van der Waals surface area contributed by atoms with E-state index in [0.29, 0.717) is 10.5 Å². The first kappa shape index (κ1) is 12.6. The molecule has 4 heteroatoms. The fourth-order valence-corrected chi connectivity index (χ4v) is 2.15. The van der Waals surface area contributed by atoms with Gasteiger partial charge in [0.2, 0.25) is 0 Å². The smallest absolute Gasteiger partial charge is 0.260 e. The summed E-state index contributed by atoms with van der Waals surface area (Å²) < 4.78 is 13.2. The summed E-state index contributed by atoms with van der Waals surface area (Å²) in [7, 11) is 0.0428. The van der Waals surface area contributed by atoms with E-state index in [1.165, 1.54) is 11.4 Å². The number of aryl methyl sites for hydroxylation is 1. The van der Waals surface area contributed by atoms with Crippen molar-refractivity contribution in [1.29, 1.82) is 0 Å². The molecule has 0 saturated carbocycles. The molecule has 1 rings (SSSR count). The van der Waals surface area contributed by atoms with Crippen molar-refractivity contribution < 1.29 is 9.00 Å². The van der Waals surface area contributed by atoms with Crippen LogP contribution in [0.5, 0.6) is 0 Å². The number of carbonyl (C=O) groups is 1. The number of carbonyl (C=O) groups excluding carboxylic acids is 1. The lowest BCUT2D eigenvalue weighted by molar-refractivity contribution is -0.121. The Morgan fingerprint density at radius 3 is 2.25 bits per heavy atom. The predicted octanol–water partition coefficient (Wildman–Crippen LogP) is 2.05. The summed E-state index contributed by atoms with van der Waals surface area (Å²) in [5, 5.41) is 0. The fourth-order valence-electron chi connectivity index (χ4n) is 1.16. The van der Waals surface area contributed by atoms with Gasteiger partial charge in [-0.3, -0.25) is 9.10 Å². The van der Waals surface area contributed by atoms with Gasteiger partial charge in [-0.2, -0.15) is 0 Å². The van der Waals surface area contributed by atoms with E-state index >= 15 is 0 Å². The number of rotatable bonds is 3. The lowest BCUT2D eigenvalue weighted by Gasteiger charge is -2.15. The molecular formula is C12H15NO2S. The van der Waals surface area contributed by atoms with Crippen LogP contribution >= 0.6 is 0 Å². The topological polar surface area (TPSA) is 37.4 Å². The van der Waals surface area contributed by atoms with Crippen molar-refractivity contribution in [3.63, 3.8) is 0 Å². The Bertz CT molecular complexity index is 437. The van der Waals surface area contributed by atoms with Gasteiger partial charge in [-0.15, -0.1) is 0 Å². The molecule has 0 radical (unpaired) electrons. The molecule has 0 spiro atoms. The van der Waals surface area contributed by atoms with Gasteiger partial charge in [0.05, 0.1) is 4.90 Å². The fraction of sp³-hybridized carbons (Fsp3) is 0.250. The second kappa shape index (κ2) is 5.07. The molecule has 1 amide bonds. The minimum atomic E-state index is -1.46. The van der Waals surface area contributed by atoms with E-state index in [0.717, 1.165) is 5.56 Å². The molecule has 0 N–H and O–H groups in total. The van der Waals surface area contributed by atoms with E-state index in [4.69, 9.17) is 0 Å². The maximum absolute atomic E-state index is 12.0. The molecule has 0 aliphatic heterocycles. The third kappa shape index (κ3) is 2.79. The molecule has 3 nitrogen and oxygen atoms in total. The summed E-state index contributed by atoms with van der Waals surface area (Å²) >= 11 is 0. The van der Waals surface area contributed by atoms with Crippen LogP contribution in [-0.2, 0) is 15.8 Å². The summed E-state index contributed by atoms with van der Waals surface area (Å²) in [5.74, 6) is -0.307. The Morgan fingerprint density at radius 1 is 1.31 bits per heavy atom. The normalized spacial score (nSPS) is 11.9. The van der Waals surface area contributed by atoms with Gasteiger partial charge in [-0.1, -0.05) is 24.3 Å². The van der Waals surface area contributed by atoms with Crippen LogP contribution in [0, 0.1) is 6.92 Å². The minimum Gasteiger partial charge on any atom is -0.268 e. The minimum absolute atomic E-state index is 0.307. The van der Waals surface area contributed by atoms with E-state index in [9.17, 15) is 9.00 Å². The molecular weight excluding hydrogens is 222 g/mol. The Kier molecular flexibility index (Phi) is 4.01. The first-order valence-electron chi connectivity index (χ1n) is 4.85. The lowest BCUT2D eigenvalue weighted by Crippen LogP contribution is -2.29. The van der Waals surface area contributed by atoms with E-state index in [1.807, 2.05) is 19.1 Å². The Labute approximate surface area is 98.4 Å². The number of hydrogen-bond donors (Lipinski definition) is 0. The summed E-state index contributed by atoms with van der Waals surface area (Å²) in [6.45, 7) is 7.10. The van der Waals surface area contributed by atoms with Crippen molar-refractivity contribution in [3.05, 3.63) is 42.0 Å². The zero-order valence-electron chi connectivity index (χ0n) is 9.69. The number of likely N-dealkylation sites (N-methyl/N-ethyl adjacent to an activating group) is 1. The zero-order valence-corrected chi connectivity index (χ0v) is 10.5. The van der Waals surface area contributed by atoms with E-state index in [2.05, 4.69) is 6.58 Å². The Hall–Kier alpha value is -1.42. The van der Waals surface area contributed by atoms with Gasteiger partial charge in [0.1, 0.15) is 0 Å². The van der Waals surface area contributed by atoms with E-state index in [-0.39, 0.29) is 5.91 Å². The molecule has 16 heavy (non-hydrogen) atoms. The van der Waals surface area contributed by atoms with Crippen LogP contribution in [0.4, 0.5) is 0 Å². The van der Waals surface area contributed by atoms with Crippen molar-refractivity contribution in [2.45, 2.75) is 18.7 Å². The molecule has 1 aromatic rings. The molecule has 0 bridgehead atoms. The van der Waals surface area contributed by atoms with Gasteiger partial charge in [0.25, 0.3) is 5.91 Å². The lowest BCUT2D eigenvalue weighted by atomic mass is 10.2. The van der Waals surface area contributed by atoms with Gasteiger partial charge in [-0.25, -0.2) is 4.21 Å². The van der Waals surface area contributed by atoms with Crippen LogP contribution in [-0.4, -0.2) is 21.5 Å². The number of amides is 1. The van der Waals surface area contributed by atoms with Crippen LogP contribution < -0.4 is 0 Å². The average molecular weight is 237 g/mol. The molecule has 0 unspecified atom stereocenters. The van der Waals surface area contributed by atoms with E-state index < -0.39 is 11.0 Å². The highest BCUT2D eigenvalue weighted by molar-refractivity contribution is 7.83. The van der Waals surface area contributed by atoms with Gasteiger partial charge < -0.3 is 0 Å². The van der Waals surface area contributed by atoms with Crippen molar-refractivity contribution in [2.24, 2.45) is 0 Å². The van der Waals surface area contributed by atoms with E-state index in [1.54, 1.807) is 19.1 Å². The van der Waals surface area contributed by atoms with Crippen molar-refractivity contribution >= 4 is 16.9 Å². The number of hydrogen-bond acceptors (Lipinski definition) is 2. The quantitative estimate of drug-likeness (QED) is 0.755. The molecule has 1 aromatic carbocycles. The highest BCUT2D eigenvalue weighted by atomic mass is 32.2. The van der Waals surface area contributed by atoms with Gasteiger partial charge >= 0.3 is 0 Å². The molecule has 0 fully saturated rings. The molecule has 0 saturated heterocycles. The van der Waals surface area contributed by atoms with Crippen LogP contribution in [0.25, 0.3) is 0 Å². The number of nitrogens with zero attached hydrogens (tertiary/aromatic N) is 1. The van der Waals surface area contributed by atoms with Gasteiger partial charge in [0.15, 0.2) is 11.0 Å². The molecule has 1 atom stereocenters. The summed E-state index contributed by atoms with van der Waals surface area (Å²) in [5.41, 5.74) is 1.47. The largest absolute Gasteiger partial charge is 0.268 e. The molecule has 0 aromatic heterocycles. The van der Waals surface area contributed by atoms with Crippen molar-refractivity contribution in [2.75, 3.05) is 7.05 Å². The highest BCUT2D eigenvalue weighted by Crippen LogP contribution is 2.12. The third-order valence-corrected chi connectivity index (χ3v) is 3.46. The standard InChI is InChI=1S/C12H15NO2S/c1-9(2)12(14)13(4)16(15)11-7-5-10(3)6-8-11/h5-8H,1H2,2-4H3/t16-/m0/s1. The first-order chi connectivity index (χ1) is 7.43. The molecule has 86 valence electrons. The first-order valence-corrected chi connectivity index (χ1v) is 5.96. The van der Waals surface area contributed by atoms with Crippen LogP contribution in [0.15, 0.2) is 41.3 Å². The summed E-state index contributed by atoms with van der Waals surface area (Å²) in [6, 6.07) is 7.25. The van der Waals surface area contributed by atoms with Crippen molar-refractivity contribution in [3.8, 4) is 0 Å². The van der Waals surface area contributed by atoms with Crippen LogP contribution in [0.1, 0.15) is 12.5 Å². The van der Waals surface area contributed by atoms with Gasteiger partial charge in [-0.05, 0) is 26.0 Å². The molecule has 0 aliphatic rings. The maximum Gasteiger partial charge on any atom is 0.260 e. The second-order valence-corrected chi connectivity index (χ2v) is 5.16. The Balaban J connectivity index is 2.90. The highest BCUT2D eigenvalue weighted by Gasteiger charge is 2.17. The monoisotopic (exact) mass is 237 g/mol. The van der Waals surface area contributed by atoms with Crippen molar-refractivity contribution in [1.82, 2.24) is 4.31 Å². The van der Waals surface area contributed by atoms with Crippen LogP contribution in [0.2, 0.25) is 0 Å². The predicted molar refractivity (Wildman–Crippen MR) is 65.2 cm³/mol. The zero-order chi connectivity index (χ0) is 12.3. The second-order valence-electron chi connectivity index (χ2n) is 3.65. The SMILES string of the molecule is C=C(C)C(=O)N(C)[S@@](=O)c1ccc(C)cc1. The molecule has 0 heterocycles. The Morgan fingerprint density at radius 2 is 1.81 bits per heavy atom.